The fraction of sp³-hybridized carbons (Fsp3) is 0.267. The summed E-state index contributed by atoms with van der Waals surface area (Å²) in [7, 11) is 3.25. The summed E-state index contributed by atoms with van der Waals surface area (Å²) in [5.41, 5.74) is 1.18. The average molecular weight is 529 g/mol. The van der Waals surface area contributed by atoms with E-state index in [-0.39, 0.29) is 12.6 Å². The number of rotatable bonds is 8. The number of aliphatic hydroxyl groups excluding tert-OH is 1. The molecule has 1 aromatic heterocycles. The summed E-state index contributed by atoms with van der Waals surface area (Å²) in [5.74, 6) is 1.45. The number of benzene rings is 3. The highest BCUT2D eigenvalue weighted by Gasteiger charge is 2.52. The fourth-order valence-corrected chi connectivity index (χ4v) is 5.29. The highest BCUT2D eigenvalue weighted by atomic mass is 16.6. The summed E-state index contributed by atoms with van der Waals surface area (Å²) >= 11 is 0. The number of fused-ring (bicyclic) bond motifs is 3. The van der Waals surface area contributed by atoms with Gasteiger partial charge >= 0.3 is 6.01 Å². The lowest BCUT2D eigenvalue weighted by molar-refractivity contribution is -0.0936. The van der Waals surface area contributed by atoms with Crippen LogP contribution in [0.5, 0.6) is 17.5 Å². The van der Waals surface area contributed by atoms with Gasteiger partial charge in [0, 0.05) is 12.3 Å². The normalized spacial score (nSPS) is 21.6. The van der Waals surface area contributed by atoms with Crippen molar-refractivity contribution in [2.24, 2.45) is 0 Å². The average Bonchev–Trinajstić information content (AvgIpc) is 3.49. The quantitative estimate of drug-likeness (QED) is 0.348. The molecule has 0 spiro atoms. The van der Waals surface area contributed by atoms with E-state index in [2.05, 4.69) is 4.98 Å². The molecule has 1 unspecified atom stereocenters. The maximum absolute atomic E-state index is 11.6. The molecule has 9 nitrogen and oxygen atoms in total. The Bertz CT molecular complexity index is 1440. The number of nitrogens with zero attached hydrogens (tertiary/aromatic N) is 2. The van der Waals surface area contributed by atoms with E-state index in [0.29, 0.717) is 0 Å². The van der Waals surface area contributed by atoms with Crippen LogP contribution in [-0.4, -0.2) is 53.8 Å². The number of hydrogen-bond acceptors (Lipinski definition) is 8. The first-order valence-electron chi connectivity index (χ1n) is 12.6. The number of ether oxygens (including phenoxy) is 5. The van der Waals surface area contributed by atoms with Crippen LogP contribution in [0, 0.1) is 0 Å². The molecule has 2 aliphatic rings. The number of methoxy groups -OCH3 is 2. The third kappa shape index (κ3) is 4.34. The van der Waals surface area contributed by atoms with Crippen molar-refractivity contribution in [3.8, 4) is 17.5 Å². The van der Waals surface area contributed by atoms with Crippen LogP contribution in [0.1, 0.15) is 22.9 Å². The Morgan fingerprint density at radius 1 is 0.872 bits per heavy atom. The molecule has 0 bridgehead atoms. The van der Waals surface area contributed by atoms with Crippen molar-refractivity contribution in [1.29, 1.82) is 0 Å². The molecule has 4 aromatic rings. The SMILES string of the molecule is COc1ccc(C(OC[C@H]2O[C@@H]3[C@@H](Oc4nc(=O)ccn43)C2O)(c2ccccc2)c2ccc(OC)cc2)cc1. The molecule has 4 atom stereocenters. The van der Waals surface area contributed by atoms with Crippen molar-refractivity contribution in [3.63, 3.8) is 0 Å². The van der Waals surface area contributed by atoms with Crippen molar-refractivity contribution in [2.75, 3.05) is 20.8 Å². The van der Waals surface area contributed by atoms with Crippen LogP contribution in [0.25, 0.3) is 0 Å². The first kappa shape index (κ1) is 25.1. The zero-order valence-electron chi connectivity index (χ0n) is 21.5. The van der Waals surface area contributed by atoms with Gasteiger partial charge in [0.1, 0.15) is 29.3 Å². The maximum Gasteiger partial charge on any atom is 0.302 e. The van der Waals surface area contributed by atoms with E-state index in [0.717, 1.165) is 28.2 Å². The molecule has 0 saturated carbocycles. The smallest absolute Gasteiger partial charge is 0.302 e. The van der Waals surface area contributed by atoms with E-state index in [9.17, 15) is 9.90 Å². The molecule has 0 radical (unpaired) electrons. The second-order valence-corrected chi connectivity index (χ2v) is 9.41. The molecular weight excluding hydrogens is 500 g/mol. The molecule has 200 valence electrons. The Morgan fingerprint density at radius 3 is 2.05 bits per heavy atom. The molecule has 6 rings (SSSR count). The number of hydrogen-bond donors (Lipinski definition) is 1. The molecule has 1 saturated heterocycles. The number of aromatic nitrogens is 2. The van der Waals surface area contributed by atoms with Crippen molar-refractivity contribution < 1.29 is 28.8 Å². The van der Waals surface area contributed by atoms with E-state index >= 15 is 0 Å². The molecule has 1 fully saturated rings. The minimum absolute atomic E-state index is 0.0490. The summed E-state index contributed by atoms with van der Waals surface area (Å²) in [6.45, 7) is 0.0490. The molecule has 0 aliphatic carbocycles. The minimum atomic E-state index is -1.05. The van der Waals surface area contributed by atoms with Gasteiger partial charge in [-0.2, -0.15) is 4.98 Å². The molecule has 0 amide bonds. The van der Waals surface area contributed by atoms with E-state index in [1.54, 1.807) is 25.0 Å². The van der Waals surface area contributed by atoms with Crippen LogP contribution in [0.15, 0.2) is 95.9 Å². The summed E-state index contributed by atoms with van der Waals surface area (Å²) in [6.07, 6.45) is -1.47. The summed E-state index contributed by atoms with van der Waals surface area (Å²) in [6, 6.07) is 26.8. The van der Waals surface area contributed by atoms with E-state index in [1.807, 2.05) is 78.9 Å². The molecule has 39 heavy (non-hydrogen) atoms. The zero-order chi connectivity index (χ0) is 27.0. The lowest BCUT2D eigenvalue weighted by Crippen LogP contribution is -2.40. The first-order valence-corrected chi connectivity index (χ1v) is 12.6. The van der Waals surface area contributed by atoms with Gasteiger partial charge in [-0.15, -0.1) is 0 Å². The Kier molecular flexibility index (Phi) is 6.56. The zero-order valence-corrected chi connectivity index (χ0v) is 21.5. The Morgan fingerprint density at radius 2 is 1.46 bits per heavy atom. The van der Waals surface area contributed by atoms with Crippen molar-refractivity contribution in [2.45, 2.75) is 30.1 Å². The molecule has 2 aliphatic heterocycles. The van der Waals surface area contributed by atoms with Gasteiger partial charge in [0.25, 0.3) is 5.56 Å². The third-order valence-electron chi connectivity index (χ3n) is 7.27. The highest BCUT2D eigenvalue weighted by Crippen LogP contribution is 2.44. The summed E-state index contributed by atoms with van der Waals surface area (Å²) in [5, 5.41) is 11.2. The second kappa shape index (κ2) is 10.2. The Balaban J connectivity index is 1.39. The van der Waals surface area contributed by atoms with Crippen molar-refractivity contribution >= 4 is 0 Å². The van der Waals surface area contributed by atoms with Crippen LogP contribution in [0.3, 0.4) is 0 Å². The molecular formula is C30H28N2O7. The van der Waals surface area contributed by atoms with Crippen molar-refractivity contribution in [3.05, 3.63) is 118 Å². The van der Waals surface area contributed by atoms with Crippen LogP contribution < -0.4 is 19.8 Å². The van der Waals surface area contributed by atoms with Crippen LogP contribution >= 0.6 is 0 Å². The summed E-state index contributed by atoms with van der Waals surface area (Å²) in [4.78, 5) is 15.5. The lowest BCUT2D eigenvalue weighted by atomic mass is 9.80. The minimum Gasteiger partial charge on any atom is -0.497 e. The van der Waals surface area contributed by atoms with E-state index in [4.69, 9.17) is 23.7 Å². The van der Waals surface area contributed by atoms with Gasteiger partial charge in [-0.25, -0.2) is 0 Å². The van der Waals surface area contributed by atoms with Crippen molar-refractivity contribution in [1.82, 2.24) is 9.55 Å². The third-order valence-corrected chi connectivity index (χ3v) is 7.27. The molecule has 3 aromatic carbocycles. The monoisotopic (exact) mass is 528 g/mol. The summed E-state index contributed by atoms with van der Waals surface area (Å²) < 4.78 is 31.3. The lowest BCUT2D eigenvalue weighted by Gasteiger charge is -2.37. The van der Waals surface area contributed by atoms with E-state index < -0.39 is 35.7 Å². The topological polar surface area (TPSA) is 101 Å². The first-order chi connectivity index (χ1) is 19.0. The van der Waals surface area contributed by atoms with Crippen LogP contribution in [0.2, 0.25) is 0 Å². The van der Waals surface area contributed by atoms with Gasteiger partial charge in [-0.05, 0) is 41.0 Å². The van der Waals surface area contributed by atoms with Gasteiger partial charge in [0.2, 0.25) is 0 Å². The maximum atomic E-state index is 11.6. The largest absolute Gasteiger partial charge is 0.497 e. The Hall–Kier alpha value is -4.18. The van der Waals surface area contributed by atoms with E-state index in [1.165, 1.54) is 6.07 Å². The second-order valence-electron chi connectivity index (χ2n) is 9.41. The molecule has 1 N–H and O–H groups in total. The van der Waals surface area contributed by atoms with Gasteiger partial charge in [-0.1, -0.05) is 54.6 Å². The van der Waals surface area contributed by atoms with Crippen LogP contribution in [0.4, 0.5) is 0 Å². The fourth-order valence-electron chi connectivity index (χ4n) is 5.29. The standard InChI is InChI=1S/C30H28N2O7/c1-35-22-12-8-20(9-13-22)30(19-6-4-3-5-7-19,21-10-14-23(36-2)15-11-21)37-18-24-26(34)27-28(38-24)32-17-16-25(33)31-29(32)39-27/h3-17,24,26-28,34H,18H2,1-2H3/t24-,26?,27+,28-/m1/s1. The van der Waals surface area contributed by atoms with Gasteiger partial charge < -0.3 is 28.8 Å². The molecule has 9 heteroatoms. The van der Waals surface area contributed by atoms with Gasteiger partial charge in [-0.3, -0.25) is 9.36 Å². The highest BCUT2D eigenvalue weighted by molar-refractivity contribution is 5.49. The van der Waals surface area contributed by atoms with Gasteiger partial charge in [0.15, 0.2) is 12.3 Å². The van der Waals surface area contributed by atoms with Gasteiger partial charge in [0.05, 0.1) is 20.8 Å². The Labute approximate surface area is 225 Å². The predicted molar refractivity (Wildman–Crippen MR) is 141 cm³/mol. The van der Waals surface area contributed by atoms with Crippen LogP contribution in [-0.2, 0) is 15.1 Å². The number of aliphatic hydroxyl groups is 1. The predicted octanol–water partition coefficient (Wildman–Crippen LogP) is 3.29. The molecule has 3 heterocycles.